The third-order valence-corrected chi connectivity index (χ3v) is 9.22. The number of hydrogen-bond donors (Lipinski definition) is 8. The van der Waals surface area contributed by atoms with E-state index in [0.717, 1.165) is 36.4 Å². The minimum absolute atomic E-state index is 0.0731. The minimum Gasteiger partial charge on any atom is -0.504 e. The van der Waals surface area contributed by atoms with Crippen LogP contribution in [-0.4, -0.2) is 64.6 Å². The van der Waals surface area contributed by atoms with Crippen LogP contribution in [0.2, 0.25) is 0 Å². The standard InChI is InChI=1S/C29H22N4O14S2/c30-17-6-4-14-22(15-5-7-18(31)27(49(44,45)46)25(15)47-24(14)26(17)48(41,42)43)13-2-1-3-16(23(13)29(37)38)28(36)32-9-8-12-10-20(34)21(35)11-19(12)33(39)40/h1-7,10-11,30,34-35H,8-9,31H2,(H,32,36)(H,37,38)(H,41,42,43)(H,44,45,46). The number of fused-ring (bicyclic) bond motifs is 2. The van der Waals surface area contributed by atoms with E-state index in [2.05, 4.69) is 5.32 Å². The van der Waals surface area contributed by atoms with Gasteiger partial charge in [-0.3, -0.25) is 29.4 Å². The molecule has 18 nitrogen and oxygen atoms in total. The average Bonchev–Trinajstić information content (AvgIpc) is 2.99. The molecule has 49 heavy (non-hydrogen) atoms. The minimum atomic E-state index is -5.26. The number of nitrogens with zero attached hydrogens (tertiary/aromatic N) is 1. The molecule has 3 aromatic carbocycles. The van der Waals surface area contributed by atoms with Crippen LogP contribution in [0, 0.1) is 15.5 Å². The van der Waals surface area contributed by atoms with Gasteiger partial charge >= 0.3 is 5.97 Å². The molecule has 0 aromatic heterocycles. The van der Waals surface area contributed by atoms with E-state index in [4.69, 9.17) is 15.6 Å². The molecule has 0 bridgehead atoms. The van der Waals surface area contributed by atoms with Gasteiger partial charge in [-0.25, -0.2) is 4.79 Å². The van der Waals surface area contributed by atoms with Gasteiger partial charge < -0.3 is 30.8 Å². The summed E-state index contributed by atoms with van der Waals surface area (Å²) >= 11 is 0. The van der Waals surface area contributed by atoms with E-state index in [1.54, 1.807) is 0 Å². The summed E-state index contributed by atoms with van der Waals surface area (Å²) in [5.74, 6) is -4.91. The molecule has 3 aromatic rings. The molecule has 0 saturated carbocycles. The molecule has 0 atom stereocenters. The zero-order valence-electron chi connectivity index (χ0n) is 24.4. The van der Waals surface area contributed by atoms with Crippen molar-refractivity contribution in [2.45, 2.75) is 16.2 Å². The summed E-state index contributed by atoms with van der Waals surface area (Å²) in [5, 5.41) is 50.7. The van der Waals surface area contributed by atoms with Crippen molar-refractivity contribution < 1.29 is 60.2 Å². The number of hydrogen-bond acceptors (Lipinski definition) is 13. The van der Waals surface area contributed by atoms with E-state index in [9.17, 15) is 61.0 Å². The number of nitro groups is 1. The highest BCUT2D eigenvalue weighted by atomic mass is 32.2. The number of amides is 1. The van der Waals surface area contributed by atoms with Crippen LogP contribution in [0.25, 0.3) is 33.4 Å². The van der Waals surface area contributed by atoms with E-state index < -0.39 is 97.5 Å². The largest absolute Gasteiger partial charge is 0.504 e. The van der Waals surface area contributed by atoms with Crippen LogP contribution in [0.1, 0.15) is 26.3 Å². The van der Waals surface area contributed by atoms with Crippen molar-refractivity contribution in [3.8, 4) is 33.9 Å². The fourth-order valence-electron chi connectivity index (χ4n) is 5.36. The molecule has 0 fully saturated rings. The molecule has 1 aliphatic heterocycles. The molecule has 5 rings (SSSR count). The first-order chi connectivity index (χ1) is 22.8. The SMILES string of the molecule is N=c1ccc2c(-c3cccc(C(=O)NCCc4cc(O)c(O)cc4[N+](=O)[O-])c3C(=O)O)c3ccc(N)c(S(=O)(=O)O)c3oc-2c1S(=O)(=O)O. The fraction of sp³-hybridized carbons (Fsp3) is 0.0690. The number of benzene rings is 4. The van der Waals surface area contributed by atoms with Crippen molar-refractivity contribution in [3.05, 3.63) is 86.8 Å². The third-order valence-electron chi connectivity index (χ3n) is 7.36. The van der Waals surface area contributed by atoms with Crippen LogP contribution in [0.15, 0.2) is 68.8 Å². The van der Waals surface area contributed by atoms with Crippen LogP contribution >= 0.6 is 0 Å². The second-order valence-corrected chi connectivity index (χ2v) is 13.1. The number of nitrogen functional groups attached to an aromatic ring is 1. The van der Waals surface area contributed by atoms with Crippen molar-refractivity contribution in [1.29, 1.82) is 5.41 Å². The van der Waals surface area contributed by atoms with Gasteiger partial charge in [0.15, 0.2) is 32.6 Å². The molecule has 0 saturated heterocycles. The number of carbonyl (C=O) groups excluding carboxylic acids is 1. The zero-order valence-corrected chi connectivity index (χ0v) is 26.0. The van der Waals surface area contributed by atoms with Gasteiger partial charge in [-0.2, -0.15) is 16.8 Å². The zero-order chi connectivity index (χ0) is 36.2. The number of anilines is 1. The second-order valence-electron chi connectivity index (χ2n) is 10.4. The quantitative estimate of drug-likeness (QED) is 0.0272. The smallest absolute Gasteiger partial charge is 0.337 e. The Hall–Kier alpha value is -6.09. The van der Waals surface area contributed by atoms with Crippen molar-refractivity contribution in [3.63, 3.8) is 0 Å². The van der Waals surface area contributed by atoms with Crippen LogP contribution < -0.4 is 16.4 Å². The number of carboxylic acid groups (broad SMARTS) is 1. The lowest BCUT2D eigenvalue weighted by atomic mass is 9.88. The van der Waals surface area contributed by atoms with Gasteiger partial charge in [0.25, 0.3) is 31.8 Å². The van der Waals surface area contributed by atoms with E-state index in [1.165, 1.54) is 18.2 Å². The number of nitro benzene ring substituents is 1. The van der Waals surface area contributed by atoms with Crippen molar-refractivity contribution in [2.75, 3.05) is 12.3 Å². The Morgan fingerprint density at radius 1 is 0.939 bits per heavy atom. The van der Waals surface area contributed by atoms with E-state index in [0.29, 0.717) is 0 Å². The number of aromatic carboxylic acids is 1. The van der Waals surface area contributed by atoms with Crippen molar-refractivity contribution in [2.24, 2.45) is 0 Å². The normalized spacial score (nSPS) is 11.9. The van der Waals surface area contributed by atoms with Gasteiger partial charge in [-0.05, 0) is 48.4 Å². The van der Waals surface area contributed by atoms with E-state index in [-0.39, 0.29) is 40.6 Å². The van der Waals surface area contributed by atoms with E-state index >= 15 is 0 Å². The molecule has 254 valence electrons. The topological polar surface area (TPSA) is 322 Å². The molecule has 0 radical (unpaired) electrons. The highest BCUT2D eigenvalue weighted by molar-refractivity contribution is 7.86. The lowest BCUT2D eigenvalue weighted by Gasteiger charge is -2.20. The van der Waals surface area contributed by atoms with Crippen molar-refractivity contribution in [1.82, 2.24) is 5.32 Å². The molecule has 2 aliphatic rings. The number of rotatable bonds is 9. The number of phenolic OH excluding ortho intramolecular Hbond substituents is 2. The maximum atomic E-state index is 13.4. The summed E-state index contributed by atoms with van der Waals surface area (Å²) in [5.41, 5.74) is 1.84. The Kier molecular flexibility index (Phi) is 8.51. The van der Waals surface area contributed by atoms with Gasteiger partial charge in [-0.15, -0.1) is 0 Å². The summed E-state index contributed by atoms with van der Waals surface area (Å²) in [6.45, 7) is -0.329. The Bertz CT molecular complexity index is 2510. The molecule has 1 aliphatic carbocycles. The number of carbonyl (C=O) groups is 2. The third kappa shape index (κ3) is 6.18. The fourth-order valence-corrected chi connectivity index (χ4v) is 6.85. The van der Waals surface area contributed by atoms with Gasteiger partial charge in [0.2, 0.25) is 0 Å². The highest BCUT2D eigenvalue weighted by Gasteiger charge is 2.33. The summed E-state index contributed by atoms with van der Waals surface area (Å²) in [7, 11) is -10.5. The van der Waals surface area contributed by atoms with Crippen molar-refractivity contribution >= 4 is 54.5 Å². The summed E-state index contributed by atoms with van der Waals surface area (Å²) in [6.07, 6.45) is -0.249. The first-order valence-corrected chi connectivity index (χ1v) is 16.4. The number of phenols is 2. The molecular formula is C29H22N4O14S2. The molecule has 9 N–H and O–H groups in total. The lowest BCUT2D eigenvalue weighted by Crippen LogP contribution is -2.28. The maximum absolute atomic E-state index is 13.4. The lowest BCUT2D eigenvalue weighted by molar-refractivity contribution is -0.385. The number of nitrogens with two attached hydrogens (primary N) is 1. The first kappa shape index (κ1) is 34.3. The van der Waals surface area contributed by atoms with Gasteiger partial charge in [-0.1, -0.05) is 12.1 Å². The molecule has 0 spiro atoms. The monoisotopic (exact) mass is 714 g/mol. The number of carboxylic acids is 1. The first-order valence-electron chi connectivity index (χ1n) is 13.5. The number of nitrogens with one attached hydrogen (secondary N) is 2. The molecule has 20 heteroatoms. The predicted molar refractivity (Wildman–Crippen MR) is 168 cm³/mol. The van der Waals surface area contributed by atoms with Crippen LogP contribution in [0.5, 0.6) is 11.5 Å². The van der Waals surface area contributed by atoms with Gasteiger partial charge in [0, 0.05) is 28.6 Å². The predicted octanol–water partition coefficient (Wildman–Crippen LogP) is 2.75. The Labute approximate surface area is 274 Å². The van der Waals surface area contributed by atoms with Gasteiger partial charge in [0.05, 0.1) is 33.2 Å². The average molecular weight is 715 g/mol. The van der Waals surface area contributed by atoms with Gasteiger partial charge in [0.1, 0.15) is 0 Å². The second kappa shape index (κ2) is 12.2. The Morgan fingerprint density at radius 2 is 1.59 bits per heavy atom. The van der Waals surface area contributed by atoms with Crippen LogP contribution in [0.3, 0.4) is 0 Å². The van der Waals surface area contributed by atoms with Crippen LogP contribution in [0.4, 0.5) is 11.4 Å². The van der Waals surface area contributed by atoms with E-state index in [1.807, 2.05) is 0 Å². The Balaban J connectivity index is 1.74. The van der Waals surface area contributed by atoms with Crippen LogP contribution in [-0.2, 0) is 26.7 Å². The molecular weight excluding hydrogens is 692 g/mol. The summed E-state index contributed by atoms with van der Waals surface area (Å²) < 4.78 is 75.2. The molecule has 1 heterocycles. The molecule has 1 amide bonds. The molecule has 0 unspecified atom stereocenters. The summed E-state index contributed by atoms with van der Waals surface area (Å²) in [4.78, 5) is 34.6. The Morgan fingerprint density at radius 3 is 2.20 bits per heavy atom. The number of aromatic hydroxyl groups is 2. The highest BCUT2D eigenvalue weighted by Crippen LogP contribution is 2.46. The maximum Gasteiger partial charge on any atom is 0.337 e. The summed E-state index contributed by atoms with van der Waals surface area (Å²) in [6, 6.07) is 9.48.